The van der Waals surface area contributed by atoms with E-state index in [0.29, 0.717) is 0 Å². The summed E-state index contributed by atoms with van der Waals surface area (Å²) in [6.45, 7) is 2.34. The fraction of sp³-hybridized carbons (Fsp3) is 0.739. The molecule has 0 bridgehead atoms. The quantitative estimate of drug-likeness (QED) is 0.425. The Hall–Kier alpha value is -0.973. The van der Waals surface area contributed by atoms with Crippen LogP contribution in [0.25, 0.3) is 0 Å². The minimum absolute atomic E-state index is 0.131. The highest BCUT2D eigenvalue weighted by Gasteiger charge is 2.32. The Morgan fingerprint density at radius 3 is 2.11 bits per heavy atom. The van der Waals surface area contributed by atoms with Crippen molar-refractivity contribution in [1.29, 1.82) is 0 Å². The molecule has 1 nitrogen and oxygen atoms in total. The van der Waals surface area contributed by atoms with Crippen molar-refractivity contribution in [2.24, 2.45) is 17.8 Å². The minimum Gasteiger partial charge on any atom is -0.406 e. The lowest BCUT2D eigenvalue weighted by molar-refractivity contribution is -0.274. The third-order valence-corrected chi connectivity index (χ3v) is 10.8. The maximum atomic E-state index is 12.2. The average molecular weight is 413 g/mol. The van der Waals surface area contributed by atoms with Crippen LogP contribution < -0.4 is 4.74 Å². The Balaban J connectivity index is 1.36. The summed E-state index contributed by atoms with van der Waals surface area (Å²) in [5.41, 5.74) is 1.11. The lowest BCUT2D eigenvalue weighted by atomic mass is 9.73. The Morgan fingerprint density at radius 2 is 1.54 bits per heavy atom. The molecule has 158 valence electrons. The van der Waals surface area contributed by atoms with Crippen molar-refractivity contribution in [2.45, 2.75) is 89.2 Å². The monoisotopic (exact) mass is 412 g/mol. The van der Waals surface area contributed by atoms with Crippen LogP contribution in [0, 0.1) is 17.8 Å². The first-order chi connectivity index (χ1) is 13.4. The molecule has 5 heteroatoms. The van der Waals surface area contributed by atoms with Crippen LogP contribution >= 0.6 is 0 Å². The van der Waals surface area contributed by atoms with Gasteiger partial charge in [-0.15, -0.1) is 13.2 Å². The zero-order chi connectivity index (χ0) is 20.0. The van der Waals surface area contributed by atoms with Crippen LogP contribution in [-0.2, 0) is 6.42 Å². The van der Waals surface area contributed by atoms with Gasteiger partial charge < -0.3 is 4.74 Å². The lowest BCUT2D eigenvalue weighted by Crippen LogP contribution is -2.28. The second-order valence-corrected chi connectivity index (χ2v) is 12.5. The molecule has 1 aromatic rings. The maximum absolute atomic E-state index is 12.2. The standard InChI is InChI=1S/C23H35F3OSi/c1-2-15-28-16-13-21(14-17-28)20-9-5-18(6-10-20)3-4-19-7-11-22(12-8-19)27-23(24,25)26/h7-8,11-12,18,20-21,28H,2-6,9-10,13-17H2,1H3/t18-,20-,21-,28-. The van der Waals surface area contributed by atoms with Crippen LogP contribution in [0.1, 0.15) is 63.9 Å². The zero-order valence-electron chi connectivity index (χ0n) is 17.1. The number of rotatable bonds is 7. The van der Waals surface area contributed by atoms with E-state index in [1.165, 1.54) is 57.1 Å². The molecule has 28 heavy (non-hydrogen) atoms. The molecule has 1 aliphatic heterocycles. The van der Waals surface area contributed by atoms with Gasteiger partial charge in [-0.05, 0) is 61.1 Å². The number of halogens is 3. The lowest BCUT2D eigenvalue weighted by Gasteiger charge is -2.37. The molecule has 2 aliphatic rings. The largest absolute Gasteiger partial charge is 0.573 e. The highest BCUT2D eigenvalue weighted by atomic mass is 28.3. The summed E-state index contributed by atoms with van der Waals surface area (Å²) in [7, 11) is -0.365. The minimum atomic E-state index is -4.61. The van der Waals surface area contributed by atoms with Crippen LogP contribution in [0.2, 0.25) is 18.1 Å². The number of hydrogen-bond donors (Lipinski definition) is 0. The normalized spacial score (nSPS) is 28.9. The molecule has 0 aromatic heterocycles. The summed E-state index contributed by atoms with van der Waals surface area (Å²) in [6.07, 6.45) is 7.39. The fourth-order valence-electron chi connectivity index (χ4n) is 5.53. The van der Waals surface area contributed by atoms with Gasteiger partial charge in [0.05, 0.1) is 0 Å². The van der Waals surface area contributed by atoms with Crippen LogP contribution in [0.15, 0.2) is 24.3 Å². The van der Waals surface area contributed by atoms with Gasteiger partial charge in [0, 0.05) is 8.80 Å². The van der Waals surface area contributed by atoms with Crippen molar-refractivity contribution in [3.05, 3.63) is 29.8 Å². The topological polar surface area (TPSA) is 9.23 Å². The molecule has 2 fully saturated rings. The number of ether oxygens (including phenoxy) is 1. The second-order valence-electron chi connectivity index (χ2n) is 9.08. The van der Waals surface area contributed by atoms with Gasteiger partial charge in [-0.1, -0.05) is 69.3 Å². The summed E-state index contributed by atoms with van der Waals surface area (Å²) in [5, 5.41) is 0. The van der Waals surface area contributed by atoms with Crippen LogP contribution in [-0.4, -0.2) is 15.2 Å². The number of hydrogen-bond acceptors (Lipinski definition) is 1. The predicted octanol–water partition coefficient (Wildman–Crippen LogP) is 7.37. The first-order valence-electron chi connectivity index (χ1n) is 11.3. The summed E-state index contributed by atoms with van der Waals surface area (Å²) < 4.78 is 40.6. The van der Waals surface area contributed by atoms with E-state index in [-0.39, 0.29) is 14.5 Å². The Labute approximate surface area is 169 Å². The van der Waals surface area contributed by atoms with E-state index < -0.39 is 6.36 Å². The van der Waals surface area contributed by atoms with Crippen molar-refractivity contribution < 1.29 is 17.9 Å². The summed E-state index contributed by atoms with van der Waals surface area (Å²) in [4.78, 5) is 0. The Bertz CT molecular complexity index is 571. The third-order valence-electron chi connectivity index (χ3n) is 7.14. The van der Waals surface area contributed by atoms with Crippen molar-refractivity contribution in [3.8, 4) is 5.75 Å². The molecular formula is C23H35F3OSi. The van der Waals surface area contributed by atoms with Gasteiger partial charge >= 0.3 is 6.36 Å². The van der Waals surface area contributed by atoms with E-state index in [9.17, 15) is 13.2 Å². The molecule has 3 rings (SSSR count). The Kier molecular flexibility index (Phi) is 7.90. The molecule has 1 aromatic carbocycles. The SMILES string of the molecule is CCC[Si@H]1CC[C@H]([C@H]2CC[C@H](CCc3ccc(OC(F)(F)F)cc3)CC2)CC1. The molecule has 1 saturated heterocycles. The van der Waals surface area contributed by atoms with E-state index >= 15 is 0 Å². The van der Waals surface area contributed by atoms with Gasteiger partial charge in [-0.3, -0.25) is 0 Å². The average Bonchev–Trinajstić information content (AvgIpc) is 2.68. The smallest absolute Gasteiger partial charge is 0.406 e. The van der Waals surface area contributed by atoms with E-state index in [2.05, 4.69) is 11.7 Å². The predicted molar refractivity (Wildman–Crippen MR) is 111 cm³/mol. The maximum Gasteiger partial charge on any atom is 0.573 e. The number of benzene rings is 1. The van der Waals surface area contributed by atoms with Crippen LogP contribution in [0.4, 0.5) is 13.2 Å². The molecular weight excluding hydrogens is 377 g/mol. The van der Waals surface area contributed by atoms with Crippen molar-refractivity contribution in [1.82, 2.24) is 0 Å². The first kappa shape index (κ1) is 21.7. The van der Waals surface area contributed by atoms with Crippen molar-refractivity contribution in [2.75, 3.05) is 0 Å². The third kappa shape index (κ3) is 6.82. The van der Waals surface area contributed by atoms with Gasteiger partial charge in [0.25, 0.3) is 0 Å². The number of alkyl halides is 3. The molecule has 1 heterocycles. The van der Waals surface area contributed by atoms with E-state index in [4.69, 9.17) is 0 Å². The number of aryl methyl sites for hydroxylation is 1. The highest BCUT2D eigenvalue weighted by molar-refractivity contribution is 6.58. The van der Waals surface area contributed by atoms with Gasteiger partial charge in [0.1, 0.15) is 5.75 Å². The van der Waals surface area contributed by atoms with E-state index in [1.807, 2.05) is 0 Å². The van der Waals surface area contributed by atoms with Crippen molar-refractivity contribution in [3.63, 3.8) is 0 Å². The second kappa shape index (κ2) is 10.2. The van der Waals surface area contributed by atoms with Crippen LogP contribution in [0.5, 0.6) is 5.75 Å². The van der Waals surface area contributed by atoms with Gasteiger partial charge in [-0.2, -0.15) is 0 Å². The summed E-state index contributed by atoms with van der Waals surface area (Å²) in [5.74, 6) is 2.62. The van der Waals surface area contributed by atoms with Gasteiger partial charge in [-0.25, -0.2) is 0 Å². The molecule has 0 unspecified atom stereocenters. The van der Waals surface area contributed by atoms with E-state index in [0.717, 1.165) is 36.2 Å². The Morgan fingerprint density at radius 1 is 0.929 bits per heavy atom. The van der Waals surface area contributed by atoms with Gasteiger partial charge in [0.2, 0.25) is 0 Å². The molecule has 0 N–H and O–H groups in total. The molecule has 1 saturated carbocycles. The molecule has 0 spiro atoms. The first-order valence-corrected chi connectivity index (χ1v) is 13.7. The van der Waals surface area contributed by atoms with Crippen molar-refractivity contribution >= 4 is 8.80 Å². The fourth-order valence-corrected chi connectivity index (χ4v) is 9.02. The van der Waals surface area contributed by atoms with E-state index in [1.54, 1.807) is 30.3 Å². The zero-order valence-corrected chi connectivity index (χ0v) is 18.3. The summed E-state index contributed by atoms with van der Waals surface area (Å²) >= 11 is 0. The van der Waals surface area contributed by atoms with Gasteiger partial charge in [0.15, 0.2) is 0 Å². The van der Waals surface area contributed by atoms with Crippen LogP contribution in [0.3, 0.4) is 0 Å². The molecule has 0 atom stereocenters. The molecule has 0 radical (unpaired) electrons. The molecule has 0 amide bonds. The molecule has 1 aliphatic carbocycles. The highest BCUT2D eigenvalue weighted by Crippen LogP contribution is 2.41. The summed E-state index contributed by atoms with van der Waals surface area (Å²) in [6, 6.07) is 11.1.